The van der Waals surface area contributed by atoms with E-state index in [-0.39, 0.29) is 16.0 Å². The van der Waals surface area contributed by atoms with Crippen LogP contribution in [0.5, 0.6) is 0 Å². The molecule has 0 aliphatic carbocycles. The highest BCUT2D eigenvalue weighted by Crippen LogP contribution is 2.42. The summed E-state index contributed by atoms with van der Waals surface area (Å²) in [5.74, 6) is -1.94. The normalized spacial score (nSPS) is 30.8. The standard InChI is InChI=1S/C15H17BrF2O3/c16-12-10(1-2-11(17)13(12)18)14(19)9-3-5-21-15(7-9)4-6-20-8-15/h1-2,9,14,19H,3-8H2. The molecule has 116 valence electrons. The van der Waals surface area contributed by atoms with Gasteiger partial charge in [-0.05, 0) is 46.3 Å². The van der Waals surface area contributed by atoms with Crippen molar-refractivity contribution in [2.45, 2.75) is 31.0 Å². The molecule has 3 rings (SSSR count). The zero-order valence-corrected chi connectivity index (χ0v) is 13.0. The molecule has 0 amide bonds. The lowest BCUT2D eigenvalue weighted by Gasteiger charge is -2.39. The first-order valence-corrected chi connectivity index (χ1v) is 7.85. The van der Waals surface area contributed by atoms with E-state index >= 15 is 0 Å². The van der Waals surface area contributed by atoms with Crippen LogP contribution in [0.15, 0.2) is 16.6 Å². The number of halogens is 3. The molecule has 3 atom stereocenters. The lowest BCUT2D eigenvalue weighted by molar-refractivity contribution is -0.117. The fraction of sp³-hybridized carbons (Fsp3) is 0.600. The third-order valence-corrected chi connectivity index (χ3v) is 5.23. The maximum absolute atomic E-state index is 13.6. The molecule has 1 spiro atoms. The first-order chi connectivity index (χ1) is 10.0. The van der Waals surface area contributed by atoms with Crippen LogP contribution in [-0.4, -0.2) is 30.5 Å². The Bertz CT molecular complexity index is 532. The number of hydrogen-bond acceptors (Lipinski definition) is 3. The number of ether oxygens (including phenoxy) is 2. The van der Waals surface area contributed by atoms with Gasteiger partial charge < -0.3 is 14.6 Å². The lowest BCUT2D eigenvalue weighted by Crippen LogP contribution is -2.41. The van der Waals surface area contributed by atoms with Crippen LogP contribution >= 0.6 is 15.9 Å². The Kier molecular flexibility index (Phi) is 4.32. The first-order valence-electron chi connectivity index (χ1n) is 7.06. The third kappa shape index (κ3) is 2.86. The second-order valence-corrected chi connectivity index (χ2v) is 6.59. The van der Waals surface area contributed by atoms with Gasteiger partial charge in [-0.2, -0.15) is 0 Å². The number of benzene rings is 1. The Balaban J connectivity index is 1.81. The SMILES string of the molecule is OC(c1ccc(F)c(F)c1Br)C1CCOC2(CCOC2)C1. The highest BCUT2D eigenvalue weighted by molar-refractivity contribution is 9.10. The fourth-order valence-electron chi connectivity index (χ4n) is 3.22. The maximum atomic E-state index is 13.6. The molecule has 1 aromatic rings. The number of aliphatic hydroxyl groups excluding tert-OH is 1. The lowest BCUT2D eigenvalue weighted by atomic mass is 9.80. The molecule has 0 radical (unpaired) electrons. The van der Waals surface area contributed by atoms with Gasteiger partial charge in [0.25, 0.3) is 0 Å². The van der Waals surface area contributed by atoms with Crippen molar-refractivity contribution in [1.82, 2.24) is 0 Å². The van der Waals surface area contributed by atoms with Crippen LogP contribution in [0.1, 0.15) is 30.9 Å². The molecule has 2 heterocycles. The summed E-state index contributed by atoms with van der Waals surface area (Å²) in [5.41, 5.74) is 0.0597. The fourth-order valence-corrected chi connectivity index (χ4v) is 3.78. The average Bonchev–Trinajstić information content (AvgIpc) is 2.92. The molecule has 6 heteroatoms. The second kappa shape index (κ2) is 5.91. The highest BCUT2D eigenvalue weighted by Gasteiger charge is 2.43. The minimum atomic E-state index is -0.961. The first kappa shape index (κ1) is 15.3. The summed E-state index contributed by atoms with van der Waals surface area (Å²) in [4.78, 5) is 0. The number of aliphatic hydroxyl groups is 1. The van der Waals surface area contributed by atoms with Gasteiger partial charge in [-0.25, -0.2) is 8.78 Å². The molecule has 3 unspecified atom stereocenters. The second-order valence-electron chi connectivity index (χ2n) is 5.80. The Labute approximate surface area is 130 Å². The number of hydrogen-bond donors (Lipinski definition) is 1. The summed E-state index contributed by atoms with van der Waals surface area (Å²) in [7, 11) is 0. The molecule has 0 saturated carbocycles. The van der Waals surface area contributed by atoms with Crippen LogP contribution < -0.4 is 0 Å². The largest absolute Gasteiger partial charge is 0.388 e. The van der Waals surface area contributed by atoms with Crippen molar-refractivity contribution in [2.24, 2.45) is 5.92 Å². The predicted octanol–water partition coefficient (Wildman–Crippen LogP) is 3.35. The average molecular weight is 363 g/mol. The summed E-state index contributed by atoms with van der Waals surface area (Å²) >= 11 is 3.04. The van der Waals surface area contributed by atoms with E-state index in [4.69, 9.17) is 9.47 Å². The Morgan fingerprint density at radius 2 is 2.14 bits per heavy atom. The minimum Gasteiger partial charge on any atom is -0.388 e. The van der Waals surface area contributed by atoms with Crippen molar-refractivity contribution >= 4 is 15.9 Å². The molecular weight excluding hydrogens is 346 g/mol. The molecule has 1 aromatic carbocycles. The highest BCUT2D eigenvalue weighted by atomic mass is 79.9. The third-order valence-electron chi connectivity index (χ3n) is 4.43. The molecule has 2 fully saturated rings. The number of rotatable bonds is 2. The maximum Gasteiger partial charge on any atom is 0.173 e. The summed E-state index contributed by atoms with van der Waals surface area (Å²) < 4.78 is 38.1. The van der Waals surface area contributed by atoms with Gasteiger partial charge in [0.2, 0.25) is 0 Å². The van der Waals surface area contributed by atoms with Gasteiger partial charge in [0, 0.05) is 19.6 Å². The zero-order valence-electron chi connectivity index (χ0n) is 11.4. The van der Waals surface area contributed by atoms with E-state index < -0.39 is 17.7 Å². The Morgan fingerprint density at radius 3 is 2.86 bits per heavy atom. The molecule has 3 nitrogen and oxygen atoms in total. The molecule has 1 N–H and O–H groups in total. The van der Waals surface area contributed by atoms with Gasteiger partial charge in [0.15, 0.2) is 11.6 Å². The van der Waals surface area contributed by atoms with Crippen molar-refractivity contribution in [3.63, 3.8) is 0 Å². The van der Waals surface area contributed by atoms with Crippen LogP contribution in [0.25, 0.3) is 0 Å². The molecule has 21 heavy (non-hydrogen) atoms. The van der Waals surface area contributed by atoms with E-state index in [0.717, 1.165) is 12.5 Å². The smallest absolute Gasteiger partial charge is 0.173 e. The van der Waals surface area contributed by atoms with Crippen LogP contribution in [-0.2, 0) is 9.47 Å². The van der Waals surface area contributed by atoms with E-state index in [9.17, 15) is 13.9 Å². The van der Waals surface area contributed by atoms with Crippen molar-refractivity contribution in [2.75, 3.05) is 19.8 Å². The summed E-state index contributed by atoms with van der Waals surface area (Å²) in [6.45, 7) is 1.75. The molecule has 2 saturated heterocycles. The van der Waals surface area contributed by atoms with E-state index in [0.29, 0.717) is 38.2 Å². The summed E-state index contributed by atoms with van der Waals surface area (Å²) in [5, 5.41) is 10.6. The van der Waals surface area contributed by atoms with Crippen molar-refractivity contribution in [1.29, 1.82) is 0 Å². The Morgan fingerprint density at radius 1 is 1.33 bits per heavy atom. The molecule has 0 aromatic heterocycles. The Hall–Kier alpha value is -0.560. The van der Waals surface area contributed by atoms with Gasteiger partial charge in [-0.15, -0.1) is 0 Å². The van der Waals surface area contributed by atoms with Crippen LogP contribution in [0, 0.1) is 17.6 Å². The molecular formula is C15H17BrF2O3. The topological polar surface area (TPSA) is 38.7 Å². The van der Waals surface area contributed by atoms with Crippen LogP contribution in [0.2, 0.25) is 0 Å². The van der Waals surface area contributed by atoms with E-state index in [1.165, 1.54) is 6.07 Å². The van der Waals surface area contributed by atoms with Gasteiger partial charge in [-0.3, -0.25) is 0 Å². The van der Waals surface area contributed by atoms with Crippen LogP contribution in [0.4, 0.5) is 8.78 Å². The van der Waals surface area contributed by atoms with Gasteiger partial charge in [0.05, 0.1) is 22.8 Å². The minimum absolute atomic E-state index is 0.00165. The molecule has 2 aliphatic rings. The van der Waals surface area contributed by atoms with Gasteiger partial charge in [0.1, 0.15) is 0 Å². The van der Waals surface area contributed by atoms with Crippen molar-refractivity contribution < 1.29 is 23.4 Å². The van der Waals surface area contributed by atoms with Gasteiger partial charge >= 0.3 is 0 Å². The molecule has 0 bridgehead atoms. The predicted molar refractivity (Wildman–Crippen MR) is 75.9 cm³/mol. The van der Waals surface area contributed by atoms with E-state index in [1.807, 2.05) is 0 Å². The van der Waals surface area contributed by atoms with Crippen molar-refractivity contribution in [3.8, 4) is 0 Å². The van der Waals surface area contributed by atoms with Gasteiger partial charge in [-0.1, -0.05) is 6.07 Å². The quantitative estimate of drug-likeness (QED) is 0.820. The summed E-state index contributed by atoms with van der Waals surface area (Å²) in [6, 6.07) is 2.48. The van der Waals surface area contributed by atoms with Crippen LogP contribution in [0.3, 0.4) is 0 Å². The summed E-state index contributed by atoms with van der Waals surface area (Å²) in [6.07, 6.45) is 1.32. The van der Waals surface area contributed by atoms with E-state index in [1.54, 1.807) is 0 Å². The monoisotopic (exact) mass is 362 g/mol. The van der Waals surface area contributed by atoms with E-state index in [2.05, 4.69) is 15.9 Å². The zero-order chi connectivity index (χ0) is 15.0. The van der Waals surface area contributed by atoms with Crippen molar-refractivity contribution in [3.05, 3.63) is 33.8 Å². The molecule has 2 aliphatic heterocycles.